The largest absolute Gasteiger partial charge is 0.480 e. The van der Waals surface area contributed by atoms with Crippen LogP contribution in [0.2, 0.25) is 0 Å². The van der Waals surface area contributed by atoms with Crippen molar-refractivity contribution in [2.75, 3.05) is 5.73 Å². The Kier molecular flexibility index (Phi) is 3.10. The number of carboxylic acids is 1. The molecular formula is C16H15N3O2. The lowest BCUT2D eigenvalue weighted by Gasteiger charge is -2.07. The summed E-state index contributed by atoms with van der Waals surface area (Å²) in [4.78, 5) is 15.7. The van der Waals surface area contributed by atoms with Crippen LogP contribution in [0.25, 0.3) is 22.4 Å². The van der Waals surface area contributed by atoms with E-state index >= 15 is 0 Å². The van der Waals surface area contributed by atoms with E-state index in [9.17, 15) is 4.79 Å². The monoisotopic (exact) mass is 281 g/mol. The van der Waals surface area contributed by atoms with Crippen molar-refractivity contribution in [3.8, 4) is 11.4 Å². The van der Waals surface area contributed by atoms with Gasteiger partial charge in [0.05, 0.1) is 11.2 Å². The zero-order chi connectivity index (χ0) is 15.0. The number of para-hydroxylation sites is 1. The number of fused-ring (bicyclic) bond motifs is 1. The van der Waals surface area contributed by atoms with Crippen LogP contribution in [0, 0.1) is 6.92 Å². The Morgan fingerprint density at radius 1 is 1.29 bits per heavy atom. The first-order valence-corrected chi connectivity index (χ1v) is 6.60. The molecule has 0 aliphatic carbocycles. The van der Waals surface area contributed by atoms with E-state index in [4.69, 9.17) is 10.8 Å². The Hall–Kier alpha value is -2.82. The summed E-state index contributed by atoms with van der Waals surface area (Å²) in [5.74, 6) is -0.292. The number of nitrogens with two attached hydrogens (primary N) is 1. The molecule has 1 aromatic heterocycles. The minimum absolute atomic E-state index is 0.150. The minimum Gasteiger partial charge on any atom is -0.480 e. The third-order valence-corrected chi connectivity index (χ3v) is 3.38. The van der Waals surface area contributed by atoms with Gasteiger partial charge in [0.2, 0.25) is 0 Å². The fraction of sp³-hybridized carbons (Fsp3) is 0.125. The molecule has 1 heterocycles. The molecule has 5 heteroatoms. The van der Waals surface area contributed by atoms with Gasteiger partial charge in [-0.2, -0.15) is 0 Å². The summed E-state index contributed by atoms with van der Waals surface area (Å²) in [6, 6.07) is 13.2. The first-order valence-electron chi connectivity index (χ1n) is 6.60. The number of carbonyl (C=O) groups is 1. The summed E-state index contributed by atoms with van der Waals surface area (Å²) in [5, 5.41) is 9.16. The van der Waals surface area contributed by atoms with E-state index in [2.05, 4.69) is 4.98 Å². The van der Waals surface area contributed by atoms with Gasteiger partial charge in [-0.1, -0.05) is 29.8 Å². The predicted octanol–water partition coefficient (Wildman–Crippen LogP) is 2.68. The molecule has 0 aliphatic rings. The highest BCUT2D eigenvalue weighted by molar-refractivity contribution is 5.91. The minimum atomic E-state index is -0.911. The summed E-state index contributed by atoms with van der Waals surface area (Å²) >= 11 is 0. The highest BCUT2D eigenvalue weighted by Crippen LogP contribution is 2.28. The van der Waals surface area contributed by atoms with Crippen molar-refractivity contribution in [1.82, 2.24) is 9.55 Å². The lowest BCUT2D eigenvalue weighted by molar-refractivity contribution is -0.137. The van der Waals surface area contributed by atoms with E-state index in [1.54, 1.807) is 16.7 Å². The molecule has 3 N–H and O–H groups in total. The molecule has 0 aliphatic heterocycles. The van der Waals surface area contributed by atoms with Crippen LogP contribution < -0.4 is 5.73 Å². The van der Waals surface area contributed by atoms with Crippen LogP contribution in [-0.4, -0.2) is 20.6 Å². The SMILES string of the molecule is Cc1cccc(-c2nc3c(N)cccc3n2CC(=O)O)c1. The van der Waals surface area contributed by atoms with Crippen LogP contribution >= 0.6 is 0 Å². The summed E-state index contributed by atoms with van der Waals surface area (Å²) in [6.07, 6.45) is 0. The number of imidazole rings is 1. The maximum atomic E-state index is 11.2. The number of anilines is 1. The molecular weight excluding hydrogens is 266 g/mol. The molecule has 0 amide bonds. The van der Waals surface area contributed by atoms with Crippen molar-refractivity contribution < 1.29 is 9.90 Å². The third kappa shape index (κ3) is 2.33. The number of aromatic nitrogens is 2. The molecule has 0 saturated heterocycles. The van der Waals surface area contributed by atoms with Crippen LogP contribution in [0.5, 0.6) is 0 Å². The van der Waals surface area contributed by atoms with Gasteiger partial charge < -0.3 is 15.4 Å². The number of nitrogen functional groups attached to an aromatic ring is 1. The Balaban J connectivity index is 2.30. The predicted molar refractivity (Wildman–Crippen MR) is 82.0 cm³/mol. The standard InChI is InChI=1S/C16H15N3O2/c1-10-4-2-5-11(8-10)16-18-15-12(17)6-3-7-13(15)19(16)9-14(20)21/h2-8H,9,17H2,1H3,(H,20,21). The summed E-state index contributed by atoms with van der Waals surface area (Å²) in [6.45, 7) is 1.84. The maximum absolute atomic E-state index is 11.2. The summed E-state index contributed by atoms with van der Waals surface area (Å²) in [5.41, 5.74) is 9.84. The highest BCUT2D eigenvalue weighted by Gasteiger charge is 2.16. The van der Waals surface area contributed by atoms with Crippen LogP contribution in [0.4, 0.5) is 5.69 Å². The second-order valence-electron chi connectivity index (χ2n) is 5.00. The number of hydrogen-bond donors (Lipinski definition) is 2. The quantitative estimate of drug-likeness (QED) is 0.723. The van der Waals surface area contributed by atoms with Crippen molar-refractivity contribution in [1.29, 1.82) is 0 Å². The number of hydrogen-bond acceptors (Lipinski definition) is 3. The molecule has 0 saturated carbocycles. The van der Waals surface area contributed by atoms with Crippen LogP contribution in [0.15, 0.2) is 42.5 Å². The Labute approximate surface area is 121 Å². The first-order chi connectivity index (χ1) is 10.1. The first kappa shape index (κ1) is 13.2. The number of nitrogens with zero attached hydrogens (tertiary/aromatic N) is 2. The summed E-state index contributed by atoms with van der Waals surface area (Å²) in [7, 11) is 0. The van der Waals surface area contributed by atoms with Gasteiger partial charge in [-0.15, -0.1) is 0 Å². The third-order valence-electron chi connectivity index (χ3n) is 3.38. The van der Waals surface area contributed by atoms with Gasteiger partial charge in [0.15, 0.2) is 0 Å². The Morgan fingerprint density at radius 2 is 2.05 bits per heavy atom. The van der Waals surface area contributed by atoms with Crippen LogP contribution in [0.1, 0.15) is 5.56 Å². The highest BCUT2D eigenvalue weighted by atomic mass is 16.4. The number of rotatable bonds is 3. The van der Waals surface area contributed by atoms with Gasteiger partial charge in [-0.05, 0) is 25.1 Å². The van der Waals surface area contributed by atoms with Crippen molar-refractivity contribution >= 4 is 22.7 Å². The number of carboxylic acid groups (broad SMARTS) is 1. The van der Waals surface area contributed by atoms with E-state index < -0.39 is 5.97 Å². The average molecular weight is 281 g/mol. The molecule has 0 atom stereocenters. The van der Waals surface area contributed by atoms with E-state index in [1.165, 1.54) is 0 Å². The lowest BCUT2D eigenvalue weighted by atomic mass is 10.1. The smallest absolute Gasteiger partial charge is 0.323 e. The lowest BCUT2D eigenvalue weighted by Crippen LogP contribution is -2.10. The molecule has 0 fully saturated rings. The van der Waals surface area contributed by atoms with E-state index in [-0.39, 0.29) is 6.54 Å². The normalized spacial score (nSPS) is 10.9. The molecule has 0 radical (unpaired) electrons. The molecule has 106 valence electrons. The van der Waals surface area contributed by atoms with E-state index in [0.29, 0.717) is 17.0 Å². The second-order valence-corrected chi connectivity index (χ2v) is 5.00. The fourth-order valence-corrected chi connectivity index (χ4v) is 2.47. The fourth-order valence-electron chi connectivity index (χ4n) is 2.47. The van der Waals surface area contributed by atoms with Gasteiger partial charge >= 0.3 is 5.97 Å². The molecule has 0 spiro atoms. The maximum Gasteiger partial charge on any atom is 0.323 e. The zero-order valence-electron chi connectivity index (χ0n) is 11.6. The van der Waals surface area contributed by atoms with Gasteiger partial charge in [0.25, 0.3) is 0 Å². The molecule has 3 rings (SSSR count). The topological polar surface area (TPSA) is 81.1 Å². The van der Waals surface area contributed by atoms with E-state index in [1.807, 2.05) is 37.3 Å². The van der Waals surface area contributed by atoms with Crippen molar-refractivity contribution in [2.45, 2.75) is 13.5 Å². The molecule has 5 nitrogen and oxygen atoms in total. The number of aliphatic carboxylic acids is 1. The molecule has 3 aromatic rings. The van der Waals surface area contributed by atoms with Gasteiger partial charge in [0, 0.05) is 5.56 Å². The Morgan fingerprint density at radius 3 is 2.76 bits per heavy atom. The van der Waals surface area contributed by atoms with Gasteiger partial charge in [-0.3, -0.25) is 4.79 Å². The molecule has 0 bridgehead atoms. The van der Waals surface area contributed by atoms with Crippen molar-refractivity contribution in [3.63, 3.8) is 0 Å². The molecule has 21 heavy (non-hydrogen) atoms. The van der Waals surface area contributed by atoms with Gasteiger partial charge in [0.1, 0.15) is 17.9 Å². The second kappa shape index (κ2) is 4.94. The van der Waals surface area contributed by atoms with Crippen molar-refractivity contribution in [3.05, 3.63) is 48.0 Å². The molecule has 0 unspecified atom stereocenters. The average Bonchev–Trinajstić information content (AvgIpc) is 2.79. The summed E-state index contributed by atoms with van der Waals surface area (Å²) < 4.78 is 1.68. The van der Waals surface area contributed by atoms with Gasteiger partial charge in [-0.25, -0.2) is 4.98 Å². The zero-order valence-corrected chi connectivity index (χ0v) is 11.6. The number of benzene rings is 2. The number of aryl methyl sites for hydroxylation is 1. The molecule has 2 aromatic carbocycles. The van der Waals surface area contributed by atoms with E-state index in [0.717, 1.165) is 16.6 Å². The Bertz CT molecular complexity index is 837. The van der Waals surface area contributed by atoms with Crippen LogP contribution in [0.3, 0.4) is 0 Å². The van der Waals surface area contributed by atoms with Crippen molar-refractivity contribution in [2.24, 2.45) is 0 Å². The van der Waals surface area contributed by atoms with Crippen LogP contribution in [-0.2, 0) is 11.3 Å².